The van der Waals surface area contributed by atoms with Crippen LogP contribution in [0.2, 0.25) is 83.6 Å². The van der Waals surface area contributed by atoms with Crippen molar-refractivity contribution < 1.29 is 46.4 Å². The molecule has 2 aromatic rings. The van der Waals surface area contributed by atoms with Crippen molar-refractivity contribution in [2.75, 3.05) is 6.61 Å². The summed E-state index contributed by atoms with van der Waals surface area (Å²) in [6.07, 6.45) is -2.08. The van der Waals surface area contributed by atoms with Crippen LogP contribution in [0.4, 0.5) is 0 Å². The third-order valence-electron chi connectivity index (χ3n) is 6.79. The van der Waals surface area contributed by atoms with Gasteiger partial charge in [-0.15, -0.1) is 0 Å². The summed E-state index contributed by atoms with van der Waals surface area (Å²) in [5.74, 6) is -2.07. The minimum Gasteiger partial charge on any atom is -0.823 e. The van der Waals surface area contributed by atoms with Gasteiger partial charge in [0.05, 0.1) is 18.8 Å². The topological polar surface area (TPSA) is 69.2 Å². The number of halogens is 1. The Kier molecular flexibility index (Phi) is 13.7. The molecule has 12 heteroatoms. The van der Waals surface area contributed by atoms with Crippen LogP contribution < -0.4 is 24.0 Å². The standard InChI is InChI=1S/C32H54ClO6Si4.Li/c1-23-14-16-24(17-15-23)20-25-21-26(18-19-27(25)33)32(34)31(39-43(11,12)13)30(38-42(8,9)10)29(37-41(5,6)7)28(36-32)22-35-40(2,3)4;/h14-19,21,28-31H,20,22H2,1-13H3;/q-1;+1/t28-,29-,30+,31-,32?;/m1./s1. The maximum atomic E-state index is 15.5. The molecule has 0 bridgehead atoms. The van der Waals surface area contributed by atoms with Crippen LogP contribution in [0.1, 0.15) is 22.3 Å². The zero-order valence-corrected chi connectivity index (χ0v) is 34.3. The third-order valence-corrected chi connectivity index (χ3v) is 11.1. The molecule has 44 heavy (non-hydrogen) atoms. The number of aryl methyl sites for hydroxylation is 1. The molecule has 1 aliphatic heterocycles. The van der Waals surface area contributed by atoms with Gasteiger partial charge in [0.1, 0.15) is 12.2 Å². The van der Waals surface area contributed by atoms with E-state index < -0.39 is 63.5 Å². The zero-order chi connectivity index (χ0) is 32.6. The van der Waals surface area contributed by atoms with Crippen molar-refractivity contribution in [1.82, 2.24) is 0 Å². The van der Waals surface area contributed by atoms with Crippen LogP contribution in [0.15, 0.2) is 42.5 Å². The molecule has 1 fully saturated rings. The Morgan fingerprint density at radius 1 is 0.750 bits per heavy atom. The number of hydrogen-bond acceptors (Lipinski definition) is 6. The van der Waals surface area contributed by atoms with Crippen LogP contribution in [-0.2, 0) is 34.6 Å². The van der Waals surface area contributed by atoms with Gasteiger partial charge in [-0.1, -0.05) is 53.6 Å². The number of benzene rings is 2. The van der Waals surface area contributed by atoms with Crippen LogP contribution in [-0.4, -0.2) is 64.3 Å². The van der Waals surface area contributed by atoms with Crippen LogP contribution >= 0.6 is 11.6 Å². The molecule has 0 N–H and O–H groups in total. The van der Waals surface area contributed by atoms with Crippen molar-refractivity contribution in [2.45, 2.75) is 122 Å². The zero-order valence-electron chi connectivity index (χ0n) is 29.6. The van der Waals surface area contributed by atoms with Gasteiger partial charge in [0, 0.05) is 10.8 Å². The molecular formula is C32H54ClLiO6Si4. The maximum Gasteiger partial charge on any atom is 1.00 e. The van der Waals surface area contributed by atoms with Gasteiger partial charge in [-0.2, -0.15) is 0 Å². The monoisotopic (exact) mass is 688 g/mol. The Bertz CT molecular complexity index is 1220. The number of rotatable bonds is 12. The van der Waals surface area contributed by atoms with E-state index >= 15 is 5.11 Å². The summed E-state index contributed by atoms with van der Waals surface area (Å²) in [5, 5.41) is 16.1. The van der Waals surface area contributed by atoms with Crippen LogP contribution in [0.5, 0.6) is 0 Å². The summed E-state index contributed by atoms with van der Waals surface area (Å²) in [4.78, 5) is 0. The van der Waals surface area contributed by atoms with E-state index in [2.05, 4.69) is 110 Å². The van der Waals surface area contributed by atoms with E-state index in [4.69, 9.17) is 34.0 Å². The first-order valence-electron chi connectivity index (χ1n) is 15.4. The predicted molar refractivity (Wildman–Crippen MR) is 186 cm³/mol. The van der Waals surface area contributed by atoms with Crippen LogP contribution in [0.25, 0.3) is 0 Å². The second-order valence-electron chi connectivity index (χ2n) is 15.8. The van der Waals surface area contributed by atoms with Gasteiger partial charge in [0.2, 0.25) is 0 Å². The number of ether oxygens (including phenoxy) is 1. The predicted octanol–water partition coefficient (Wildman–Crippen LogP) is 4.67. The van der Waals surface area contributed by atoms with Gasteiger partial charge in [-0.25, -0.2) is 0 Å². The van der Waals surface area contributed by atoms with Gasteiger partial charge in [0.25, 0.3) is 0 Å². The van der Waals surface area contributed by atoms with Gasteiger partial charge in [-0.3, -0.25) is 0 Å². The molecule has 1 saturated heterocycles. The van der Waals surface area contributed by atoms with Crippen molar-refractivity contribution in [3.63, 3.8) is 0 Å². The molecule has 0 aromatic heterocycles. The quantitative estimate of drug-likeness (QED) is 0.302. The molecule has 242 valence electrons. The summed E-state index contributed by atoms with van der Waals surface area (Å²) in [7, 11) is -8.51. The Balaban J connectivity index is 0.00000675. The van der Waals surface area contributed by atoms with Crippen molar-refractivity contribution >= 4 is 44.9 Å². The molecule has 1 aliphatic rings. The van der Waals surface area contributed by atoms with E-state index in [1.54, 1.807) is 6.07 Å². The minimum absolute atomic E-state index is 0. The molecule has 0 radical (unpaired) electrons. The molecular weight excluding hydrogens is 635 g/mol. The Labute approximate surface area is 288 Å². The fraction of sp³-hybridized carbons (Fsp3) is 0.625. The molecule has 1 heterocycles. The summed E-state index contributed by atoms with van der Waals surface area (Å²) in [5.41, 5.74) is 3.66. The Morgan fingerprint density at radius 3 is 1.77 bits per heavy atom. The summed E-state index contributed by atoms with van der Waals surface area (Å²) < 4.78 is 33.7. The molecule has 0 amide bonds. The van der Waals surface area contributed by atoms with Gasteiger partial charge < -0.3 is 27.5 Å². The van der Waals surface area contributed by atoms with Crippen LogP contribution in [0.3, 0.4) is 0 Å². The molecule has 6 nitrogen and oxygen atoms in total. The van der Waals surface area contributed by atoms with E-state index in [-0.39, 0.29) is 25.5 Å². The fourth-order valence-corrected chi connectivity index (χ4v) is 9.20. The molecule has 5 atom stereocenters. The molecule has 3 rings (SSSR count). The summed E-state index contributed by atoms with van der Waals surface area (Å²) in [6, 6.07) is 13.9. The first kappa shape index (κ1) is 40.1. The molecule has 0 saturated carbocycles. The molecule has 2 aromatic carbocycles. The summed E-state index contributed by atoms with van der Waals surface area (Å²) in [6.45, 7) is 27.9. The van der Waals surface area contributed by atoms with Gasteiger partial charge in [-0.05, 0) is 115 Å². The number of hydrogen-bond donors (Lipinski definition) is 0. The van der Waals surface area contributed by atoms with Crippen LogP contribution in [0, 0.1) is 6.92 Å². The SMILES string of the molecule is Cc1ccc(Cc2cc(C3([O-])O[C@H](CO[Si](C)(C)C)[C@@H](O[Si](C)(C)C)[C@H](O[Si](C)(C)C)[C@H]3O[Si](C)(C)C)ccc2Cl)cc1.[Li+]. The average molecular weight is 690 g/mol. The van der Waals surface area contributed by atoms with E-state index in [9.17, 15) is 0 Å². The van der Waals surface area contributed by atoms with Crippen molar-refractivity contribution in [3.05, 3.63) is 69.7 Å². The largest absolute Gasteiger partial charge is 1.00 e. The van der Waals surface area contributed by atoms with E-state index in [0.717, 1.165) is 11.1 Å². The first-order valence-corrected chi connectivity index (χ1v) is 29.4. The van der Waals surface area contributed by atoms with Crippen molar-refractivity contribution in [1.29, 1.82) is 0 Å². The van der Waals surface area contributed by atoms with E-state index in [1.807, 2.05) is 12.1 Å². The van der Waals surface area contributed by atoms with Gasteiger partial charge in [0.15, 0.2) is 33.3 Å². The molecule has 0 aliphatic carbocycles. The molecule has 1 unspecified atom stereocenters. The van der Waals surface area contributed by atoms with Crippen molar-refractivity contribution in [2.24, 2.45) is 0 Å². The van der Waals surface area contributed by atoms with Crippen molar-refractivity contribution in [3.8, 4) is 0 Å². The maximum absolute atomic E-state index is 15.5. The van der Waals surface area contributed by atoms with E-state index in [0.29, 0.717) is 17.0 Å². The third kappa shape index (κ3) is 11.9. The normalized spacial score (nSPS) is 25.1. The summed E-state index contributed by atoms with van der Waals surface area (Å²) >= 11 is 6.73. The minimum atomic E-state index is -2.27. The Hall–Kier alpha value is -0.0451. The second-order valence-corrected chi connectivity index (χ2v) is 34.1. The average Bonchev–Trinajstić information content (AvgIpc) is 2.82. The van der Waals surface area contributed by atoms with Gasteiger partial charge >= 0.3 is 18.9 Å². The first-order chi connectivity index (χ1) is 19.5. The van der Waals surface area contributed by atoms with E-state index in [1.165, 1.54) is 5.56 Å². The smallest absolute Gasteiger partial charge is 0.823 e. The second kappa shape index (κ2) is 15.0. The molecule has 0 spiro atoms. The Morgan fingerprint density at radius 2 is 1.27 bits per heavy atom. The fourth-order valence-electron chi connectivity index (χ4n) is 5.12.